The largest absolute Gasteiger partial charge is 0.481 e. The van der Waals surface area contributed by atoms with Gasteiger partial charge in [-0.2, -0.15) is 0 Å². The number of carboxylic acid groups (broad SMARTS) is 1. The van der Waals surface area contributed by atoms with Crippen molar-refractivity contribution in [3.63, 3.8) is 0 Å². The Kier molecular flexibility index (Phi) is 8.43. The van der Waals surface area contributed by atoms with Crippen LogP contribution in [-0.4, -0.2) is 55.5 Å². The number of carboxylic acids is 1. The molecule has 1 unspecified atom stereocenters. The summed E-state index contributed by atoms with van der Waals surface area (Å²) < 4.78 is 10.6. The van der Waals surface area contributed by atoms with Gasteiger partial charge in [0.15, 0.2) is 0 Å². The van der Waals surface area contributed by atoms with Crippen LogP contribution in [-0.2, 0) is 19.1 Å². The Hall–Kier alpha value is -3.39. The molecule has 0 aliphatic heterocycles. The molecule has 0 bridgehead atoms. The molecule has 0 saturated heterocycles. The molecule has 0 fully saturated rings. The number of fused-ring (bicyclic) bond motifs is 3. The highest BCUT2D eigenvalue weighted by atomic mass is 16.5. The average Bonchev–Trinajstić information content (AvgIpc) is 3.11. The number of alkyl carbamates (subject to hydrolysis) is 1. The zero-order valence-electron chi connectivity index (χ0n) is 18.9. The van der Waals surface area contributed by atoms with Crippen molar-refractivity contribution in [3.05, 3.63) is 59.7 Å². The number of amides is 2. The number of hydrogen-bond donors (Lipinski definition) is 3. The summed E-state index contributed by atoms with van der Waals surface area (Å²) in [4.78, 5) is 36.3. The van der Waals surface area contributed by atoms with Crippen molar-refractivity contribution in [2.45, 2.75) is 44.2 Å². The van der Waals surface area contributed by atoms with Crippen molar-refractivity contribution in [1.29, 1.82) is 0 Å². The first-order valence-corrected chi connectivity index (χ1v) is 11.1. The van der Waals surface area contributed by atoms with Gasteiger partial charge in [0.05, 0.1) is 13.0 Å². The third-order valence-corrected chi connectivity index (χ3v) is 5.69. The third-order valence-electron chi connectivity index (χ3n) is 5.69. The summed E-state index contributed by atoms with van der Waals surface area (Å²) in [6, 6.07) is 14.5. The van der Waals surface area contributed by atoms with Crippen molar-refractivity contribution in [3.8, 4) is 11.1 Å². The molecule has 1 aliphatic rings. The van der Waals surface area contributed by atoms with E-state index in [2.05, 4.69) is 22.8 Å². The Morgan fingerprint density at radius 1 is 1.00 bits per heavy atom. The first-order valence-electron chi connectivity index (χ1n) is 11.1. The molecular weight excluding hydrogens is 424 g/mol. The lowest BCUT2D eigenvalue weighted by Gasteiger charge is -2.22. The highest BCUT2D eigenvalue weighted by Gasteiger charge is 2.30. The first-order chi connectivity index (χ1) is 15.9. The summed E-state index contributed by atoms with van der Waals surface area (Å²) in [7, 11) is 1.42. The lowest BCUT2D eigenvalue weighted by Crippen LogP contribution is -2.52. The van der Waals surface area contributed by atoms with Gasteiger partial charge >= 0.3 is 12.1 Å². The van der Waals surface area contributed by atoms with E-state index in [1.165, 1.54) is 7.11 Å². The number of ether oxygens (including phenoxy) is 2. The van der Waals surface area contributed by atoms with Crippen molar-refractivity contribution in [2.24, 2.45) is 0 Å². The van der Waals surface area contributed by atoms with Gasteiger partial charge < -0.3 is 25.2 Å². The zero-order chi connectivity index (χ0) is 23.8. The number of aliphatic carboxylic acids is 1. The molecule has 33 heavy (non-hydrogen) atoms. The van der Waals surface area contributed by atoms with Crippen LogP contribution in [0.15, 0.2) is 48.5 Å². The standard InChI is InChI=1S/C25H30N2O6/c1-3-8-16(13-23(28)29)26-24(30)22(15-32-2)27-25(31)33-14-21-19-11-6-4-9-17(19)18-10-5-7-12-20(18)21/h4-7,9-12,16,21-22H,3,8,13-15H2,1-2H3,(H,26,30)(H,27,31)(H,28,29)/t16-,22?/m1/s1. The molecule has 3 N–H and O–H groups in total. The number of carbonyl (C=O) groups is 3. The molecule has 0 saturated carbocycles. The van der Waals surface area contributed by atoms with Crippen molar-refractivity contribution >= 4 is 18.0 Å². The Labute approximate surface area is 193 Å². The average molecular weight is 455 g/mol. The predicted molar refractivity (Wildman–Crippen MR) is 123 cm³/mol. The molecule has 1 aliphatic carbocycles. The Bertz CT molecular complexity index is 947. The van der Waals surface area contributed by atoms with Crippen LogP contribution in [0.1, 0.15) is 43.2 Å². The summed E-state index contributed by atoms with van der Waals surface area (Å²) in [5.74, 6) is -1.60. The maximum atomic E-state index is 12.7. The Morgan fingerprint density at radius 3 is 2.15 bits per heavy atom. The van der Waals surface area contributed by atoms with Gasteiger partial charge in [0, 0.05) is 19.1 Å². The molecule has 0 spiro atoms. The fourth-order valence-corrected chi connectivity index (χ4v) is 4.22. The van der Waals surface area contributed by atoms with Gasteiger partial charge in [-0.05, 0) is 28.7 Å². The fourth-order valence-electron chi connectivity index (χ4n) is 4.22. The number of carbonyl (C=O) groups excluding carboxylic acids is 2. The quantitative estimate of drug-likeness (QED) is 0.480. The van der Waals surface area contributed by atoms with Gasteiger partial charge in [-0.3, -0.25) is 9.59 Å². The van der Waals surface area contributed by atoms with E-state index in [0.29, 0.717) is 12.8 Å². The SMILES string of the molecule is CCC[C@H](CC(=O)O)NC(=O)C(COC)NC(=O)OCC1c2ccccc2-c2ccccc21. The van der Waals surface area contributed by atoms with Crippen molar-refractivity contribution < 1.29 is 29.0 Å². The highest BCUT2D eigenvalue weighted by Crippen LogP contribution is 2.44. The highest BCUT2D eigenvalue weighted by molar-refractivity contribution is 5.86. The molecule has 3 rings (SSSR count). The minimum Gasteiger partial charge on any atom is -0.481 e. The molecule has 8 nitrogen and oxygen atoms in total. The van der Waals surface area contributed by atoms with Gasteiger partial charge in [-0.15, -0.1) is 0 Å². The van der Waals surface area contributed by atoms with Crippen LogP contribution in [0.5, 0.6) is 0 Å². The number of nitrogens with one attached hydrogen (secondary N) is 2. The van der Waals surface area contributed by atoms with E-state index in [9.17, 15) is 14.4 Å². The summed E-state index contributed by atoms with van der Waals surface area (Å²) in [6.07, 6.45) is 0.305. The number of rotatable bonds is 11. The van der Waals surface area contributed by atoms with E-state index < -0.39 is 30.1 Å². The molecular formula is C25H30N2O6. The van der Waals surface area contributed by atoms with E-state index in [1.54, 1.807) is 0 Å². The number of benzene rings is 2. The predicted octanol–water partition coefficient (Wildman–Crippen LogP) is 3.30. The van der Waals surface area contributed by atoms with Gasteiger partial charge in [-0.25, -0.2) is 4.79 Å². The molecule has 0 aromatic heterocycles. The second kappa shape index (κ2) is 11.5. The fraction of sp³-hybridized carbons (Fsp3) is 0.400. The normalized spacial score (nSPS) is 14.0. The van der Waals surface area contributed by atoms with E-state index >= 15 is 0 Å². The molecule has 8 heteroatoms. The second-order valence-electron chi connectivity index (χ2n) is 8.07. The topological polar surface area (TPSA) is 114 Å². The molecule has 2 atom stereocenters. The Morgan fingerprint density at radius 2 is 1.61 bits per heavy atom. The van der Waals surface area contributed by atoms with E-state index in [1.807, 2.05) is 43.3 Å². The molecule has 176 valence electrons. The van der Waals surface area contributed by atoms with Crippen LogP contribution < -0.4 is 10.6 Å². The lowest BCUT2D eigenvalue weighted by atomic mass is 9.98. The maximum Gasteiger partial charge on any atom is 0.407 e. The maximum absolute atomic E-state index is 12.7. The number of hydrogen-bond acceptors (Lipinski definition) is 5. The molecule has 2 aromatic rings. The van der Waals surface area contributed by atoms with Crippen LogP contribution in [0, 0.1) is 0 Å². The van der Waals surface area contributed by atoms with Gasteiger partial charge in [0.2, 0.25) is 5.91 Å². The van der Waals surface area contributed by atoms with Crippen LogP contribution in [0.25, 0.3) is 11.1 Å². The molecule has 2 amide bonds. The molecule has 2 aromatic carbocycles. The van der Waals surface area contributed by atoms with E-state index in [4.69, 9.17) is 14.6 Å². The summed E-state index contributed by atoms with van der Waals surface area (Å²) >= 11 is 0. The zero-order valence-corrected chi connectivity index (χ0v) is 18.9. The smallest absolute Gasteiger partial charge is 0.407 e. The van der Waals surface area contributed by atoms with Gasteiger partial charge in [-0.1, -0.05) is 61.9 Å². The second-order valence-corrected chi connectivity index (χ2v) is 8.07. The minimum atomic E-state index is -1.00. The Balaban J connectivity index is 1.62. The van der Waals surface area contributed by atoms with E-state index in [0.717, 1.165) is 22.3 Å². The van der Waals surface area contributed by atoms with Crippen LogP contribution >= 0.6 is 0 Å². The summed E-state index contributed by atoms with van der Waals surface area (Å²) in [6.45, 7) is 1.96. The third kappa shape index (κ3) is 6.10. The van der Waals surface area contributed by atoms with Crippen LogP contribution in [0.2, 0.25) is 0 Å². The first kappa shape index (κ1) is 24.3. The van der Waals surface area contributed by atoms with Gasteiger partial charge in [0.1, 0.15) is 12.6 Å². The van der Waals surface area contributed by atoms with Crippen molar-refractivity contribution in [2.75, 3.05) is 20.3 Å². The van der Waals surface area contributed by atoms with Crippen LogP contribution in [0.3, 0.4) is 0 Å². The summed E-state index contributed by atoms with van der Waals surface area (Å²) in [5, 5.41) is 14.3. The monoisotopic (exact) mass is 454 g/mol. The molecule has 0 heterocycles. The van der Waals surface area contributed by atoms with E-state index in [-0.39, 0.29) is 25.6 Å². The van der Waals surface area contributed by atoms with Gasteiger partial charge in [0.25, 0.3) is 0 Å². The summed E-state index contributed by atoms with van der Waals surface area (Å²) in [5.41, 5.74) is 4.43. The molecule has 0 radical (unpaired) electrons. The minimum absolute atomic E-state index is 0.0675. The van der Waals surface area contributed by atoms with Crippen LogP contribution in [0.4, 0.5) is 4.79 Å². The lowest BCUT2D eigenvalue weighted by molar-refractivity contribution is -0.137. The van der Waals surface area contributed by atoms with Crippen molar-refractivity contribution in [1.82, 2.24) is 10.6 Å². The number of methoxy groups -OCH3 is 1.